The van der Waals surface area contributed by atoms with Gasteiger partial charge in [0.25, 0.3) is 0 Å². The molecule has 0 aliphatic carbocycles. The molecule has 0 saturated heterocycles. The van der Waals surface area contributed by atoms with Gasteiger partial charge < -0.3 is 31.5 Å². The maximum Gasteiger partial charge on any atom is 0.246 e. The van der Waals surface area contributed by atoms with Gasteiger partial charge >= 0.3 is 0 Å². The van der Waals surface area contributed by atoms with E-state index in [9.17, 15) is 29.4 Å². The third kappa shape index (κ3) is 14.1. The Morgan fingerprint density at radius 1 is 1.16 bits per heavy atom. The fraction of sp³-hybridized carbons (Fsp3) is 0.643. The molecule has 0 aromatic rings. The summed E-state index contributed by atoms with van der Waals surface area (Å²) in [6.07, 6.45) is 13.0. The Balaban J connectivity index is 2.71. The number of nitrogens with one attached hydrogen (secondary N) is 4. The number of carbonyl (C=O) groups is 4. The van der Waals surface area contributed by atoms with Crippen LogP contribution in [0.5, 0.6) is 0 Å². The van der Waals surface area contributed by atoms with Crippen molar-refractivity contribution in [2.45, 2.75) is 103 Å². The predicted molar refractivity (Wildman–Crippen MR) is 147 cm³/mol. The van der Waals surface area contributed by atoms with Crippen LogP contribution in [0.4, 0.5) is 0 Å². The molecule has 0 fully saturated rings. The van der Waals surface area contributed by atoms with Crippen molar-refractivity contribution in [2.75, 3.05) is 6.54 Å². The first-order valence-electron chi connectivity index (χ1n) is 13.6. The van der Waals surface area contributed by atoms with Gasteiger partial charge in [-0.15, -0.1) is 0 Å². The van der Waals surface area contributed by atoms with Crippen LogP contribution in [0.15, 0.2) is 36.5 Å². The number of carbonyl (C=O) groups excluding carboxylic acids is 4. The number of hydrogen-bond donors (Lipinski definition) is 6. The van der Waals surface area contributed by atoms with Crippen LogP contribution in [0.3, 0.4) is 0 Å². The molecule has 0 aromatic heterocycles. The summed E-state index contributed by atoms with van der Waals surface area (Å²) in [5.41, 5.74) is 0. The van der Waals surface area contributed by atoms with Gasteiger partial charge in [-0.3, -0.25) is 19.2 Å². The van der Waals surface area contributed by atoms with Crippen molar-refractivity contribution in [1.82, 2.24) is 21.3 Å². The summed E-state index contributed by atoms with van der Waals surface area (Å²) in [7, 11) is 0. The summed E-state index contributed by atoms with van der Waals surface area (Å²) >= 11 is 0. The van der Waals surface area contributed by atoms with E-state index in [0.717, 1.165) is 19.3 Å². The highest BCUT2D eigenvalue weighted by Crippen LogP contribution is 2.10. The van der Waals surface area contributed by atoms with Crippen LogP contribution in [0, 0.1) is 5.92 Å². The molecule has 0 radical (unpaired) electrons. The number of aliphatic hydroxyl groups excluding tert-OH is 2. The van der Waals surface area contributed by atoms with Gasteiger partial charge in [0.1, 0.15) is 12.1 Å². The molecular weight excluding hydrogens is 488 g/mol. The van der Waals surface area contributed by atoms with Crippen LogP contribution in [0.2, 0.25) is 0 Å². The number of amides is 4. The maximum absolute atomic E-state index is 12.9. The summed E-state index contributed by atoms with van der Waals surface area (Å²) < 4.78 is 0. The van der Waals surface area contributed by atoms with E-state index >= 15 is 0 Å². The van der Waals surface area contributed by atoms with E-state index in [1.54, 1.807) is 19.1 Å². The maximum atomic E-state index is 12.9. The van der Waals surface area contributed by atoms with Crippen LogP contribution in [0.1, 0.15) is 72.6 Å². The van der Waals surface area contributed by atoms with E-state index in [0.29, 0.717) is 18.9 Å². The second kappa shape index (κ2) is 18.3. The summed E-state index contributed by atoms with van der Waals surface area (Å²) in [6, 6.07) is -3.19. The molecule has 1 heterocycles. The number of unbranched alkanes of at least 4 members (excludes halogenated alkanes) is 3. The monoisotopic (exact) mass is 534 g/mol. The lowest BCUT2D eigenvalue weighted by Gasteiger charge is -2.28. The Hall–Kier alpha value is -2.98. The average Bonchev–Trinajstić information content (AvgIpc) is 2.84. The Bertz CT molecular complexity index is 852. The van der Waals surface area contributed by atoms with Gasteiger partial charge in [-0.1, -0.05) is 57.4 Å². The lowest BCUT2D eigenvalue weighted by molar-refractivity contribution is -0.135. The zero-order valence-corrected chi connectivity index (χ0v) is 23.1. The Labute approximate surface area is 226 Å². The molecule has 0 saturated carbocycles. The average molecular weight is 535 g/mol. The minimum atomic E-state index is -1.34. The topological polar surface area (TPSA) is 157 Å². The van der Waals surface area contributed by atoms with Crippen LogP contribution >= 0.6 is 0 Å². The van der Waals surface area contributed by atoms with Crippen molar-refractivity contribution >= 4 is 23.6 Å². The molecule has 0 unspecified atom stereocenters. The molecule has 38 heavy (non-hydrogen) atoms. The molecular formula is C28H46N4O6. The molecule has 1 aliphatic heterocycles. The van der Waals surface area contributed by atoms with E-state index in [1.165, 1.54) is 38.0 Å². The zero-order valence-electron chi connectivity index (χ0n) is 23.1. The third-order valence-corrected chi connectivity index (χ3v) is 6.06. The first-order valence-corrected chi connectivity index (χ1v) is 13.6. The highest BCUT2D eigenvalue weighted by Gasteiger charge is 2.33. The van der Waals surface area contributed by atoms with Crippen LogP contribution in [-0.2, 0) is 19.2 Å². The second-order valence-corrected chi connectivity index (χ2v) is 10.2. The molecule has 6 N–H and O–H groups in total. The minimum absolute atomic E-state index is 0.134. The fourth-order valence-corrected chi connectivity index (χ4v) is 3.84. The molecule has 10 heteroatoms. The molecule has 0 bridgehead atoms. The van der Waals surface area contributed by atoms with Gasteiger partial charge in [0, 0.05) is 24.7 Å². The number of rotatable bonds is 12. The summed E-state index contributed by atoms with van der Waals surface area (Å²) in [5, 5.41) is 31.0. The second-order valence-electron chi connectivity index (χ2n) is 10.2. The third-order valence-electron chi connectivity index (χ3n) is 6.06. The summed E-state index contributed by atoms with van der Waals surface area (Å²) in [5.74, 6) is -1.61. The molecule has 10 nitrogen and oxygen atoms in total. The fourth-order valence-electron chi connectivity index (χ4n) is 3.84. The lowest BCUT2D eigenvalue weighted by Crippen LogP contribution is -2.60. The Morgan fingerprint density at radius 3 is 2.58 bits per heavy atom. The standard InChI is InChI=1S/C28H46N4O6/c1-19(2)13-10-8-6-5-7-9-11-15-24(36)31-25(21(4)33)27(37)32-26-22(34)14-12-18-29-23(35)17-16-20(3)30-28(26)38/h7,9,11,15-17,19-22,25-26,33-34H,5-6,8,10,12-14,18H2,1-4H3,(H,29,35)(H,30,38)(H,31,36)(H,32,37)/b9-7+,15-11+,17-16+/t20-,21+,22-,25-,26-/m0/s1. The predicted octanol–water partition coefficient (Wildman–Crippen LogP) is 1.39. The smallest absolute Gasteiger partial charge is 0.246 e. The molecule has 0 aromatic carbocycles. The minimum Gasteiger partial charge on any atom is -0.391 e. The van der Waals surface area contributed by atoms with Gasteiger partial charge in [0.05, 0.1) is 12.2 Å². The van der Waals surface area contributed by atoms with Crippen molar-refractivity contribution in [1.29, 1.82) is 0 Å². The van der Waals surface area contributed by atoms with E-state index in [1.807, 2.05) is 6.08 Å². The van der Waals surface area contributed by atoms with Crippen LogP contribution in [0.25, 0.3) is 0 Å². The van der Waals surface area contributed by atoms with Crippen molar-refractivity contribution in [3.63, 3.8) is 0 Å². The number of allylic oxidation sites excluding steroid dienone is 3. The SMILES string of the molecule is CC(C)CCCCC/C=C/C=C/C(=O)N[C@H](C(=O)N[C@@H]1C(=O)N[C@@H](C)/C=C/C(=O)NCCC[C@@H]1O)[C@@H](C)O. The van der Waals surface area contributed by atoms with Crippen molar-refractivity contribution < 1.29 is 29.4 Å². The Kier molecular flexibility index (Phi) is 15.9. The van der Waals surface area contributed by atoms with Crippen LogP contribution in [-0.4, -0.2) is 70.7 Å². The molecule has 1 rings (SSSR count). The zero-order chi connectivity index (χ0) is 28.5. The van der Waals surface area contributed by atoms with Gasteiger partial charge in [0.2, 0.25) is 23.6 Å². The number of aliphatic hydroxyl groups is 2. The molecule has 5 atom stereocenters. The van der Waals surface area contributed by atoms with E-state index in [4.69, 9.17) is 0 Å². The van der Waals surface area contributed by atoms with Gasteiger partial charge in [0.15, 0.2) is 0 Å². The normalized spacial score (nSPS) is 23.7. The quantitative estimate of drug-likeness (QED) is 0.126. The molecule has 0 spiro atoms. The largest absolute Gasteiger partial charge is 0.391 e. The van der Waals surface area contributed by atoms with E-state index < -0.39 is 48.1 Å². The van der Waals surface area contributed by atoms with E-state index in [-0.39, 0.29) is 12.3 Å². The van der Waals surface area contributed by atoms with Crippen molar-refractivity contribution in [3.8, 4) is 0 Å². The molecule has 4 amide bonds. The first-order chi connectivity index (χ1) is 18.0. The lowest BCUT2D eigenvalue weighted by atomic mass is 10.0. The molecule has 214 valence electrons. The van der Waals surface area contributed by atoms with Gasteiger partial charge in [-0.25, -0.2) is 0 Å². The highest BCUT2D eigenvalue weighted by atomic mass is 16.3. The van der Waals surface area contributed by atoms with Crippen molar-refractivity contribution in [2.24, 2.45) is 5.92 Å². The Morgan fingerprint density at radius 2 is 1.89 bits per heavy atom. The first kappa shape index (κ1) is 33.0. The van der Waals surface area contributed by atoms with Crippen molar-refractivity contribution in [3.05, 3.63) is 36.5 Å². The highest BCUT2D eigenvalue weighted by molar-refractivity contribution is 5.95. The van der Waals surface area contributed by atoms with Gasteiger partial charge in [-0.2, -0.15) is 0 Å². The van der Waals surface area contributed by atoms with Crippen LogP contribution < -0.4 is 21.3 Å². The van der Waals surface area contributed by atoms with Gasteiger partial charge in [-0.05, 0) is 45.4 Å². The summed E-state index contributed by atoms with van der Waals surface area (Å²) in [4.78, 5) is 49.8. The summed E-state index contributed by atoms with van der Waals surface area (Å²) in [6.45, 7) is 7.71. The molecule has 1 aliphatic rings. The number of hydrogen-bond acceptors (Lipinski definition) is 6. The van der Waals surface area contributed by atoms with E-state index in [2.05, 4.69) is 35.1 Å².